The molecule has 0 heterocycles. The van der Waals surface area contributed by atoms with E-state index in [1.165, 1.54) is 6.26 Å². The van der Waals surface area contributed by atoms with Crippen LogP contribution in [-0.2, 0) is 9.84 Å². The Kier molecular flexibility index (Phi) is 5.35. The molecule has 0 aliphatic heterocycles. The minimum atomic E-state index is -3.12. The summed E-state index contributed by atoms with van der Waals surface area (Å²) in [5.41, 5.74) is 7.17. The van der Waals surface area contributed by atoms with E-state index in [4.69, 9.17) is 5.73 Å². The second-order valence-corrected chi connectivity index (χ2v) is 6.88. The van der Waals surface area contributed by atoms with Crippen LogP contribution in [0, 0.1) is 5.92 Å². The van der Waals surface area contributed by atoms with Crippen molar-refractivity contribution in [3.63, 3.8) is 0 Å². The SMILES string of the molecule is CCC(CC)CC(N)c1ccc(S(C)(=O)=O)cc1. The molecular formula is C14H23NO2S. The fourth-order valence-electron chi connectivity index (χ4n) is 2.08. The molecular weight excluding hydrogens is 246 g/mol. The molecule has 1 unspecified atom stereocenters. The van der Waals surface area contributed by atoms with Crippen LogP contribution >= 0.6 is 0 Å². The molecule has 1 atom stereocenters. The van der Waals surface area contributed by atoms with Gasteiger partial charge in [0.1, 0.15) is 0 Å². The highest BCUT2D eigenvalue weighted by molar-refractivity contribution is 7.90. The van der Waals surface area contributed by atoms with E-state index in [2.05, 4.69) is 13.8 Å². The molecule has 0 radical (unpaired) electrons. The van der Waals surface area contributed by atoms with Crippen LogP contribution in [0.5, 0.6) is 0 Å². The second-order valence-electron chi connectivity index (χ2n) is 4.87. The van der Waals surface area contributed by atoms with Gasteiger partial charge in [0.25, 0.3) is 0 Å². The van der Waals surface area contributed by atoms with E-state index in [1.54, 1.807) is 12.1 Å². The first-order valence-corrected chi connectivity index (χ1v) is 8.33. The summed E-state index contributed by atoms with van der Waals surface area (Å²) in [6.07, 6.45) is 4.43. The van der Waals surface area contributed by atoms with Crippen LogP contribution < -0.4 is 5.73 Å². The molecule has 1 aromatic carbocycles. The van der Waals surface area contributed by atoms with Gasteiger partial charge in [-0.25, -0.2) is 8.42 Å². The summed E-state index contributed by atoms with van der Waals surface area (Å²) in [4.78, 5) is 0.348. The molecule has 0 saturated heterocycles. The van der Waals surface area contributed by atoms with Crippen molar-refractivity contribution in [2.45, 2.75) is 44.0 Å². The molecule has 0 aliphatic carbocycles. The van der Waals surface area contributed by atoms with Crippen molar-refractivity contribution in [3.05, 3.63) is 29.8 Å². The first-order valence-electron chi connectivity index (χ1n) is 6.44. The highest BCUT2D eigenvalue weighted by Crippen LogP contribution is 2.24. The summed E-state index contributed by atoms with van der Waals surface area (Å²) in [7, 11) is -3.12. The Morgan fingerprint density at radius 2 is 1.61 bits per heavy atom. The Hall–Kier alpha value is -0.870. The Morgan fingerprint density at radius 1 is 1.11 bits per heavy atom. The maximum absolute atomic E-state index is 11.4. The molecule has 0 aliphatic rings. The van der Waals surface area contributed by atoms with Crippen LogP contribution in [0.25, 0.3) is 0 Å². The second kappa shape index (κ2) is 6.34. The Morgan fingerprint density at radius 3 is 2.00 bits per heavy atom. The Labute approximate surface area is 110 Å². The van der Waals surface area contributed by atoms with Crippen LogP contribution in [0.4, 0.5) is 0 Å². The lowest BCUT2D eigenvalue weighted by molar-refractivity contribution is 0.414. The van der Waals surface area contributed by atoms with Crippen LogP contribution in [0.1, 0.15) is 44.7 Å². The maximum Gasteiger partial charge on any atom is 0.175 e. The van der Waals surface area contributed by atoms with Gasteiger partial charge < -0.3 is 5.73 Å². The first-order chi connectivity index (χ1) is 8.38. The number of nitrogens with two attached hydrogens (primary N) is 1. The van der Waals surface area contributed by atoms with Gasteiger partial charge in [0, 0.05) is 12.3 Å². The summed E-state index contributed by atoms with van der Waals surface area (Å²) < 4.78 is 22.7. The third-order valence-corrected chi connectivity index (χ3v) is 4.61. The molecule has 18 heavy (non-hydrogen) atoms. The van der Waals surface area contributed by atoms with Gasteiger partial charge in [-0.05, 0) is 30.0 Å². The van der Waals surface area contributed by atoms with Gasteiger partial charge in [0.15, 0.2) is 9.84 Å². The van der Waals surface area contributed by atoms with Crippen molar-refractivity contribution >= 4 is 9.84 Å². The number of rotatable bonds is 6. The summed E-state index contributed by atoms with van der Waals surface area (Å²) in [6, 6.07) is 6.91. The van der Waals surface area contributed by atoms with Crippen LogP contribution in [-0.4, -0.2) is 14.7 Å². The minimum absolute atomic E-state index is 0.0106. The molecule has 2 N–H and O–H groups in total. The van der Waals surface area contributed by atoms with Gasteiger partial charge in [-0.1, -0.05) is 38.8 Å². The van der Waals surface area contributed by atoms with Crippen molar-refractivity contribution in [2.75, 3.05) is 6.26 Å². The molecule has 1 aromatic rings. The molecule has 3 nitrogen and oxygen atoms in total. The van der Waals surface area contributed by atoms with Crippen molar-refractivity contribution < 1.29 is 8.42 Å². The predicted molar refractivity (Wildman–Crippen MR) is 75.2 cm³/mol. The van der Waals surface area contributed by atoms with Gasteiger partial charge >= 0.3 is 0 Å². The first kappa shape index (κ1) is 15.2. The number of sulfone groups is 1. The number of hydrogen-bond acceptors (Lipinski definition) is 3. The van der Waals surface area contributed by atoms with Crippen molar-refractivity contribution in [1.82, 2.24) is 0 Å². The zero-order chi connectivity index (χ0) is 13.8. The zero-order valence-electron chi connectivity index (χ0n) is 11.4. The molecule has 102 valence electrons. The van der Waals surface area contributed by atoms with Gasteiger partial charge in [-0.2, -0.15) is 0 Å². The average molecular weight is 269 g/mol. The topological polar surface area (TPSA) is 60.2 Å². The van der Waals surface area contributed by atoms with E-state index in [-0.39, 0.29) is 6.04 Å². The molecule has 1 rings (SSSR count). The van der Waals surface area contributed by atoms with Crippen molar-refractivity contribution in [2.24, 2.45) is 11.7 Å². The summed E-state index contributed by atoms with van der Waals surface area (Å²) in [5, 5.41) is 0. The largest absolute Gasteiger partial charge is 0.324 e. The lowest BCUT2D eigenvalue weighted by Gasteiger charge is -2.18. The van der Waals surface area contributed by atoms with E-state index in [1.807, 2.05) is 12.1 Å². The van der Waals surface area contributed by atoms with Gasteiger partial charge in [0.05, 0.1) is 4.90 Å². The van der Waals surface area contributed by atoms with E-state index >= 15 is 0 Å². The van der Waals surface area contributed by atoms with Crippen LogP contribution in [0.3, 0.4) is 0 Å². The van der Waals surface area contributed by atoms with Gasteiger partial charge in [-0.3, -0.25) is 0 Å². The normalized spacial score (nSPS) is 13.8. The van der Waals surface area contributed by atoms with Crippen molar-refractivity contribution in [1.29, 1.82) is 0 Å². The number of hydrogen-bond donors (Lipinski definition) is 1. The molecule has 4 heteroatoms. The summed E-state index contributed by atoms with van der Waals surface area (Å²) in [5.74, 6) is 0.634. The van der Waals surface area contributed by atoms with Gasteiger partial charge in [0.2, 0.25) is 0 Å². The lowest BCUT2D eigenvalue weighted by atomic mass is 9.92. The fourth-order valence-corrected chi connectivity index (χ4v) is 2.71. The third-order valence-electron chi connectivity index (χ3n) is 3.48. The average Bonchev–Trinajstić information content (AvgIpc) is 2.34. The highest BCUT2D eigenvalue weighted by Gasteiger charge is 2.13. The smallest absolute Gasteiger partial charge is 0.175 e. The summed E-state index contributed by atoms with van der Waals surface area (Å²) >= 11 is 0. The van der Waals surface area contributed by atoms with E-state index < -0.39 is 9.84 Å². The van der Waals surface area contributed by atoms with E-state index in [0.717, 1.165) is 24.8 Å². The van der Waals surface area contributed by atoms with Gasteiger partial charge in [-0.15, -0.1) is 0 Å². The van der Waals surface area contributed by atoms with Crippen LogP contribution in [0.2, 0.25) is 0 Å². The molecule has 0 amide bonds. The van der Waals surface area contributed by atoms with Crippen molar-refractivity contribution in [3.8, 4) is 0 Å². The third kappa shape index (κ3) is 4.10. The summed E-state index contributed by atoms with van der Waals surface area (Å²) in [6.45, 7) is 4.35. The standard InChI is InChI=1S/C14H23NO2S/c1-4-11(5-2)10-14(15)12-6-8-13(9-7-12)18(3,16)17/h6-9,11,14H,4-5,10,15H2,1-3H3. The fraction of sp³-hybridized carbons (Fsp3) is 0.571. The zero-order valence-corrected chi connectivity index (χ0v) is 12.2. The van der Waals surface area contributed by atoms with E-state index in [9.17, 15) is 8.42 Å². The number of benzene rings is 1. The molecule has 0 aromatic heterocycles. The quantitative estimate of drug-likeness (QED) is 0.863. The van der Waals surface area contributed by atoms with Crippen LogP contribution in [0.15, 0.2) is 29.2 Å². The monoisotopic (exact) mass is 269 g/mol. The van der Waals surface area contributed by atoms with E-state index in [0.29, 0.717) is 10.8 Å². The lowest BCUT2D eigenvalue weighted by Crippen LogP contribution is -2.15. The molecule has 0 spiro atoms. The predicted octanol–water partition coefficient (Wildman–Crippen LogP) is 2.92. The Balaban J connectivity index is 2.79. The molecule has 0 bridgehead atoms. The highest BCUT2D eigenvalue weighted by atomic mass is 32.2. The Bertz CT molecular complexity index is 461. The minimum Gasteiger partial charge on any atom is -0.324 e. The maximum atomic E-state index is 11.4. The molecule has 0 fully saturated rings. The molecule has 0 saturated carbocycles.